The molecule has 142 valence electrons. The van der Waals surface area contributed by atoms with Gasteiger partial charge in [0.25, 0.3) is 0 Å². The molecule has 3 aromatic rings. The van der Waals surface area contributed by atoms with Crippen LogP contribution in [0.5, 0.6) is 17.2 Å². The molecule has 0 radical (unpaired) electrons. The van der Waals surface area contributed by atoms with Crippen LogP contribution in [0, 0.1) is 0 Å². The van der Waals surface area contributed by atoms with Crippen molar-refractivity contribution in [3.63, 3.8) is 0 Å². The first kappa shape index (κ1) is 18.1. The third-order valence-electron chi connectivity index (χ3n) is 4.55. The molecule has 0 bridgehead atoms. The van der Waals surface area contributed by atoms with Crippen molar-refractivity contribution in [2.24, 2.45) is 0 Å². The molecule has 1 N–H and O–H groups in total. The largest absolute Gasteiger partial charge is 0.485 e. The van der Waals surface area contributed by atoms with Crippen LogP contribution in [-0.4, -0.2) is 25.5 Å². The molecule has 0 aliphatic carbocycles. The lowest BCUT2D eigenvalue weighted by Crippen LogP contribution is -2.48. The van der Waals surface area contributed by atoms with Crippen LogP contribution in [0.1, 0.15) is 5.56 Å². The maximum absolute atomic E-state index is 12.3. The standard InChI is InChI=1S/C23H22N2O3/c26-23-16-24-14-15-25(23)19-10-4-5-11-20(19)28-22-13-7-6-12-21(22)27-17-18-8-2-1-3-9-18/h1-13,24H,14-17H2. The molecule has 1 amide bonds. The molecule has 28 heavy (non-hydrogen) atoms. The van der Waals surface area contributed by atoms with Gasteiger partial charge in [-0.2, -0.15) is 0 Å². The topological polar surface area (TPSA) is 50.8 Å². The lowest BCUT2D eigenvalue weighted by atomic mass is 10.2. The summed E-state index contributed by atoms with van der Waals surface area (Å²) in [5.74, 6) is 1.95. The first-order chi connectivity index (χ1) is 13.8. The Morgan fingerprint density at radius 1 is 0.821 bits per heavy atom. The van der Waals surface area contributed by atoms with Crippen molar-refractivity contribution in [3.05, 3.63) is 84.4 Å². The highest BCUT2D eigenvalue weighted by Crippen LogP contribution is 2.37. The van der Waals surface area contributed by atoms with E-state index in [0.29, 0.717) is 36.9 Å². The van der Waals surface area contributed by atoms with Gasteiger partial charge < -0.3 is 19.7 Å². The maximum atomic E-state index is 12.3. The summed E-state index contributed by atoms with van der Waals surface area (Å²) in [5, 5.41) is 3.09. The number of amides is 1. The summed E-state index contributed by atoms with van der Waals surface area (Å²) in [4.78, 5) is 14.1. The Hall–Kier alpha value is -3.31. The number of carbonyl (C=O) groups excluding carboxylic acids is 1. The Balaban J connectivity index is 1.56. The number of hydrogen-bond donors (Lipinski definition) is 1. The summed E-state index contributed by atoms with van der Waals surface area (Å²) >= 11 is 0. The average molecular weight is 374 g/mol. The molecule has 0 aromatic heterocycles. The molecule has 0 atom stereocenters. The number of carbonyl (C=O) groups is 1. The maximum Gasteiger partial charge on any atom is 0.241 e. The van der Waals surface area contributed by atoms with Crippen LogP contribution < -0.4 is 19.7 Å². The number of anilines is 1. The van der Waals surface area contributed by atoms with Gasteiger partial charge in [-0.05, 0) is 29.8 Å². The van der Waals surface area contributed by atoms with E-state index < -0.39 is 0 Å². The number of nitrogens with zero attached hydrogens (tertiary/aromatic N) is 1. The highest BCUT2D eigenvalue weighted by Gasteiger charge is 2.22. The van der Waals surface area contributed by atoms with Crippen LogP contribution in [0.15, 0.2) is 78.9 Å². The van der Waals surface area contributed by atoms with E-state index in [9.17, 15) is 4.79 Å². The first-order valence-corrected chi connectivity index (χ1v) is 9.35. The third kappa shape index (κ3) is 4.15. The normalized spacial score (nSPS) is 14.0. The minimum Gasteiger partial charge on any atom is -0.485 e. The minimum absolute atomic E-state index is 0.0379. The van der Waals surface area contributed by atoms with E-state index in [1.807, 2.05) is 78.9 Å². The number of benzene rings is 3. The lowest BCUT2D eigenvalue weighted by molar-refractivity contribution is -0.118. The molecule has 0 saturated carbocycles. The number of nitrogens with one attached hydrogen (secondary N) is 1. The van der Waals surface area contributed by atoms with Crippen molar-refractivity contribution in [1.82, 2.24) is 5.32 Å². The van der Waals surface area contributed by atoms with Gasteiger partial charge in [0.15, 0.2) is 17.2 Å². The summed E-state index contributed by atoms with van der Waals surface area (Å²) in [6.45, 7) is 2.17. The molecule has 0 unspecified atom stereocenters. The van der Waals surface area contributed by atoms with Gasteiger partial charge in [0.2, 0.25) is 5.91 Å². The van der Waals surface area contributed by atoms with E-state index in [1.165, 1.54) is 0 Å². The zero-order valence-electron chi connectivity index (χ0n) is 15.5. The van der Waals surface area contributed by atoms with E-state index in [1.54, 1.807) is 4.90 Å². The Morgan fingerprint density at radius 3 is 2.29 bits per heavy atom. The summed E-state index contributed by atoms with van der Waals surface area (Å²) in [6.07, 6.45) is 0. The number of piperazine rings is 1. The smallest absolute Gasteiger partial charge is 0.241 e. The molecular weight excluding hydrogens is 352 g/mol. The highest BCUT2D eigenvalue weighted by atomic mass is 16.5. The summed E-state index contributed by atoms with van der Waals surface area (Å²) in [5.41, 5.74) is 1.86. The Morgan fingerprint density at radius 2 is 1.50 bits per heavy atom. The van der Waals surface area contributed by atoms with E-state index in [2.05, 4.69) is 5.32 Å². The molecule has 1 saturated heterocycles. The number of ether oxygens (including phenoxy) is 2. The summed E-state index contributed by atoms with van der Waals surface area (Å²) in [7, 11) is 0. The highest BCUT2D eigenvalue weighted by molar-refractivity contribution is 5.97. The minimum atomic E-state index is 0.0379. The van der Waals surface area contributed by atoms with Gasteiger partial charge in [0.1, 0.15) is 6.61 Å². The Kier molecular flexibility index (Phi) is 5.54. The quantitative estimate of drug-likeness (QED) is 0.709. The molecule has 5 nitrogen and oxygen atoms in total. The van der Waals surface area contributed by atoms with Crippen LogP contribution in [0.2, 0.25) is 0 Å². The molecule has 1 heterocycles. The Bertz CT molecular complexity index is 943. The monoisotopic (exact) mass is 374 g/mol. The van der Waals surface area contributed by atoms with Crippen molar-refractivity contribution in [1.29, 1.82) is 0 Å². The fourth-order valence-electron chi connectivity index (χ4n) is 3.14. The fraction of sp³-hybridized carbons (Fsp3) is 0.174. The average Bonchev–Trinajstić information content (AvgIpc) is 2.75. The number of para-hydroxylation sites is 4. The first-order valence-electron chi connectivity index (χ1n) is 9.35. The van der Waals surface area contributed by atoms with Crippen LogP contribution in [0.3, 0.4) is 0 Å². The van der Waals surface area contributed by atoms with Crippen molar-refractivity contribution >= 4 is 11.6 Å². The van der Waals surface area contributed by atoms with Crippen LogP contribution in [0.25, 0.3) is 0 Å². The van der Waals surface area contributed by atoms with E-state index in [4.69, 9.17) is 9.47 Å². The zero-order valence-corrected chi connectivity index (χ0v) is 15.5. The third-order valence-corrected chi connectivity index (χ3v) is 4.55. The summed E-state index contributed by atoms with van der Waals surface area (Å²) in [6, 6.07) is 25.2. The molecule has 1 fully saturated rings. The number of hydrogen-bond acceptors (Lipinski definition) is 4. The second-order valence-corrected chi connectivity index (χ2v) is 6.51. The SMILES string of the molecule is O=C1CNCCN1c1ccccc1Oc1ccccc1OCc1ccccc1. The second-order valence-electron chi connectivity index (χ2n) is 6.51. The molecular formula is C23H22N2O3. The van der Waals surface area contributed by atoms with Crippen LogP contribution in [-0.2, 0) is 11.4 Å². The molecule has 3 aromatic carbocycles. The van der Waals surface area contributed by atoms with Gasteiger partial charge in [-0.25, -0.2) is 0 Å². The van der Waals surface area contributed by atoms with Gasteiger partial charge in [0, 0.05) is 13.1 Å². The zero-order chi connectivity index (χ0) is 19.2. The second kappa shape index (κ2) is 8.59. The van der Waals surface area contributed by atoms with Gasteiger partial charge >= 0.3 is 0 Å². The van der Waals surface area contributed by atoms with E-state index in [-0.39, 0.29) is 5.91 Å². The van der Waals surface area contributed by atoms with Crippen LogP contribution >= 0.6 is 0 Å². The Labute approximate surface area is 164 Å². The van der Waals surface area contributed by atoms with E-state index in [0.717, 1.165) is 17.8 Å². The summed E-state index contributed by atoms with van der Waals surface area (Å²) < 4.78 is 12.2. The molecule has 1 aliphatic rings. The number of rotatable bonds is 6. The van der Waals surface area contributed by atoms with Crippen molar-refractivity contribution < 1.29 is 14.3 Å². The van der Waals surface area contributed by atoms with Crippen molar-refractivity contribution in [2.75, 3.05) is 24.5 Å². The van der Waals surface area contributed by atoms with Gasteiger partial charge in [0.05, 0.1) is 12.2 Å². The van der Waals surface area contributed by atoms with Gasteiger partial charge in [-0.3, -0.25) is 4.79 Å². The van der Waals surface area contributed by atoms with Gasteiger partial charge in [-0.1, -0.05) is 54.6 Å². The van der Waals surface area contributed by atoms with Gasteiger partial charge in [-0.15, -0.1) is 0 Å². The molecule has 4 rings (SSSR count). The van der Waals surface area contributed by atoms with Crippen molar-refractivity contribution in [2.45, 2.75) is 6.61 Å². The predicted octanol–water partition coefficient (Wildman–Crippen LogP) is 3.99. The van der Waals surface area contributed by atoms with Crippen molar-refractivity contribution in [3.8, 4) is 17.2 Å². The predicted molar refractivity (Wildman–Crippen MR) is 109 cm³/mol. The lowest BCUT2D eigenvalue weighted by Gasteiger charge is -2.29. The molecule has 1 aliphatic heterocycles. The van der Waals surface area contributed by atoms with E-state index >= 15 is 0 Å². The fourth-order valence-corrected chi connectivity index (χ4v) is 3.14. The van der Waals surface area contributed by atoms with Crippen LogP contribution in [0.4, 0.5) is 5.69 Å². The molecule has 5 heteroatoms. The molecule has 0 spiro atoms.